The molecule has 5 heteroatoms. The highest BCUT2D eigenvalue weighted by Gasteiger charge is 2.69. The normalized spacial score (nSPS) is 40.9. The van der Waals surface area contributed by atoms with Crippen LogP contribution in [0.2, 0.25) is 0 Å². The van der Waals surface area contributed by atoms with Gasteiger partial charge in [0.05, 0.1) is 5.41 Å². The Labute approximate surface area is 127 Å². The van der Waals surface area contributed by atoms with Crippen LogP contribution in [0.25, 0.3) is 0 Å². The van der Waals surface area contributed by atoms with Gasteiger partial charge in [0, 0.05) is 18.0 Å². The first-order valence-corrected chi connectivity index (χ1v) is 7.76. The van der Waals surface area contributed by atoms with Crippen molar-refractivity contribution >= 4 is 5.78 Å². The van der Waals surface area contributed by atoms with Gasteiger partial charge in [-0.25, -0.2) is 0 Å². The topological polar surface area (TPSA) is 78.8 Å². The molecule has 2 heterocycles. The first kappa shape index (κ1) is 12.7. The molecule has 114 valence electrons. The van der Waals surface area contributed by atoms with Crippen molar-refractivity contribution in [1.82, 2.24) is 5.32 Å². The highest BCUT2D eigenvalue weighted by molar-refractivity contribution is 5.98. The summed E-state index contributed by atoms with van der Waals surface area (Å²) < 4.78 is 5.90. The molecule has 1 aromatic rings. The Morgan fingerprint density at radius 1 is 1.36 bits per heavy atom. The molecule has 5 rings (SSSR count). The molecule has 3 N–H and O–H groups in total. The van der Waals surface area contributed by atoms with E-state index in [0.717, 1.165) is 11.1 Å². The SMILES string of the molecule is O=C1C=C[C@@]2(O)[C@@H]3CNCC[C@@]24c2c(ccc(O)c2O[C@@H]14)C3. The van der Waals surface area contributed by atoms with Gasteiger partial charge in [0.2, 0.25) is 0 Å². The largest absolute Gasteiger partial charge is 0.504 e. The minimum Gasteiger partial charge on any atom is -0.504 e. The molecule has 0 aromatic heterocycles. The number of ether oxygens (including phenoxy) is 1. The summed E-state index contributed by atoms with van der Waals surface area (Å²) in [4.78, 5) is 12.5. The van der Waals surface area contributed by atoms with Crippen molar-refractivity contribution in [3.05, 3.63) is 35.4 Å². The van der Waals surface area contributed by atoms with Gasteiger partial charge in [-0.05, 0) is 43.2 Å². The van der Waals surface area contributed by atoms with Crippen molar-refractivity contribution < 1.29 is 19.7 Å². The van der Waals surface area contributed by atoms with Crippen LogP contribution in [0, 0.1) is 5.92 Å². The highest BCUT2D eigenvalue weighted by atomic mass is 16.5. The molecule has 0 amide bonds. The number of carbonyl (C=O) groups is 1. The second-order valence-electron chi connectivity index (χ2n) is 6.83. The molecule has 1 fully saturated rings. The second-order valence-corrected chi connectivity index (χ2v) is 6.83. The van der Waals surface area contributed by atoms with E-state index in [1.807, 2.05) is 6.07 Å². The van der Waals surface area contributed by atoms with E-state index < -0.39 is 17.1 Å². The third-order valence-electron chi connectivity index (χ3n) is 6.00. The maximum Gasteiger partial charge on any atom is 0.196 e. The molecule has 4 aliphatic rings. The molecule has 2 bridgehead atoms. The Morgan fingerprint density at radius 2 is 2.23 bits per heavy atom. The lowest BCUT2D eigenvalue weighted by Gasteiger charge is -2.53. The number of aromatic hydroxyl groups is 1. The standard InChI is InChI=1S/C17H17NO4/c19-11-2-1-9-7-10-8-18-6-5-16-13(9)14(11)22-15(16)12(20)3-4-17(10,16)21/h1-4,10,15,18-19,21H,5-8H2/t10-,15-,16-,17+/m0/s1. The monoisotopic (exact) mass is 299 g/mol. The van der Waals surface area contributed by atoms with E-state index in [4.69, 9.17) is 4.74 Å². The zero-order valence-electron chi connectivity index (χ0n) is 12.0. The summed E-state index contributed by atoms with van der Waals surface area (Å²) in [6.07, 6.45) is 3.71. The smallest absolute Gasteiger partial charge is 0.196 e. The van der Waals surface area contributed by atoms with Crippen LogP contribution in [0.3, 0.4) is 0 Å². The maximum absolute atomic E-state index is 12.5. The summed E-state index contributed by atoms with van der Waals surface area (Å²) in [6, 6.07) is 3.53. The number of phenolic OH excluding ortho intramolecular Hbond substituents is 1. The molecule has 5 nitrogen and oxygen atoms in total. The van der Waals surface area contributed by atoms with E-state index >= 15 is 0 Å². The van der Waals surface area contributed by atoms with E-state index in [1.54, 1.807) is 12.1 Å². The molecule has 0 radical (unpaired) electrons. The Hall–Kier alpha value is -1.85. The van der Waals surface area contributed by atoms with Gasteiger partial charge in [-0.3, -0.25) is 4.79 Å². The van der Waals surface area contributed by atoms with E-state index in [2.05, 4.69) is 5.32 Å². The predicted molar refractivity (Wildman–Crippen MR) is 78.0 cm³/mol. The number of aliphatic hydroxyl groups is 1. The van der Waals surface area contributed by atoms with Gasteiger partial charge in [0.1, 0.15) is 5.60 Å². The average molecular weight is 299 g/mol. The minimum absolute atomic E-state index is 0.00607. The van der Waals surface area contributed by atoms with Crippen LogP contribution in [0.5, 0.6) is 11.5 Å². The minimum atomic E-state index is -1.11. The summed E-state index contributed by atoms with van der Waals surface area (Å²) in [5.74, 6) is 0.300. The van der Waals surface area contributed by atoms with Gasteiger partial charge < -0.3 is 20.3 Å². The van der Waals surface area contributed by atoms with Crippen molar-refractivity contribution in [3.8, 4) is 11.5 Å². The third kappa shape index (κ3) is 1.15. The lowest BCUT2D eigenvalue weighted by Crippen LogP contribution is -2.66. The molecular formula is C17H17NO4. The summed E-state index contributed by atoms with van der Waals surface area (Å²) in [5.41, 5.74) is 0.0323. The fourth-order valence-electron chi connectivity index (χ4n) is 5.06. The molecule has 0 unspecified atom stereocenters. The number of hydrogen-bond acceptors (Lipinski definition) is 5. The first-order valence-electron chi connectivity index (χ1n) is 7.76. The van der Waals surface area contributed by atoms with Crippen LogP contribution in [-0.2, 0) is 16.6 Å². The molecular weight excluding hydrogens is 282 g/mol. The van der Waals surface area contributed by atoms with Crippen molar-refractivity contribution in [3.63, 3.8) is 0 Å². The lowest BCUT2D eigenvalue weighted by atomic mass is 9.51. The van der Waals surface area contributed by atoms with Crippen LogP contribution >= 0.6 is 0 Å². The summed E-state index contributed by atoms with van der Waals surface area (Å²) in [7, 11) is 0. The zero-order chi connectivity index (χ0) is 15.1. The molecule has 0 saturated carbocycles. The van der Waals surface area contributed by atoms with Crippen LogP contribution < -0.4 is 10.1 Å². The predicted octanol–water partition coefficient (Wildman–Crippen LogP) is 0.427. The van der Waals surface area contributed by atoms with E-state index in [-0.39, 0.29) is 17.5 Å². The van der Waals surface area contributed by atoms with Crippen molar-refractivity contribution in [2.24, 2.45) is 5.92 Å². The molecule has 2 aliphatic carbocycles. The van der Waals surface area contributed by atoms with E-state index in [1.165, 1.54) is 6.08 Å². The fourth-order valence-corrected chi connectivity index (χ4v) is 5.06. The highest BCUT2D eigenvalue weighted by Crippen LogP contribution is 2.62. The number of hydrogen-bond donors (Lipinski definition) is 3. The van der Waals surface area contributed by atoms with Gasteiger partial charge in [-0.15, -0.1) is 0 Å². The van der Waals surface area contributed by atoms with Crippen molar-refractivity contribution in [1.29, 1.82) is 0 Å². The Bertz CT molecular complexity index is 742. The van der Waals surface area contributed by atoms with Crippen LogP contribution in [0.15, 0.2) is 24.3 Å². The quantitative estimate of drug-likeness (QED) is 0.647. The molecule has 1 saturated heterocycles. The number of ketones is 1. The Morgan fingerprint density at radius 3 is 3.09 bits per heavy atom. The van der Waals surface area contributed by atoms with Crippen molar-refractivity contribution in [2.45, 2.75) is 30.0 Å². The number of nitrogens with one attached hydrogen (secondary N) is 1. The Kier molecular flexibility index (Phi) is 2.15. The van der Waals surface area contributed by atoms with Gasteiger partial charge in [0.25, 0.3) is 0 Å². The molecule has 1 spiro atoms. The zero-order valence-corrected chi connectivity index (χ0v) is 12.0. The van der Waals surface area contributed by atoms with Gasteiger partial charge >= 0.3 is 0 Å². The van der Waals surface area contributed by atoms with Gasteiger partial charge in [0.15, 0.2) is 23.4 Å². The average Bonchev–Trinajstić information content (AvgIpc) is 2.83. The lowest BCUT2D eigenvalue weighted by molar-refractivity contribution is -0.136. The summed E-state index contributed by atoms with van der Waals surface area (Å²) in [6.45, 7) is 1.42. The Balaban J connectivity index is 1.92. The number of phenols is 1. The number of benzene rings is 1. The van der Waals surface area contributed by atoms with Crippen LogP contribution in [0.1, 0.15) is 17.5 Å². The molecule has 2 aliphatic heterocycles. The molecule has 4 atom stereocenters. The summed E-state index contributed by atoms with van der Waals surface area (Å²) in [5, 5.41) is 25.1. The summed E-state index contributed by atoms with van der Waals surface area (Å²) >= 11 is 0. The van der Waals surface area contributed by atoms with E-state index in [0.29, 0.717) is 31.7 Å². The first-order chi connectivity index (χ1) is 10.6. The third-order valence-corrected chi connectivity index (χ3v) is 6.00. The van der Waals surface area contributed by atoms with Crippen LogP contribution in [-0.4, -0.2) is 40.8 Å². The molecule has 22 heavy (non-hydrogen) atoms. The number of rotatable bonds is 0. The maximum atomic E-state index is 12.5. The van der Waals surface area contributed by atoms with Gasteiger partial charge in [-0.1, -0.05) is 6.07 Å². The van der Waals surface area contributed by atoms with E-state index in [9.17, 15) is 15.0 Å². The van der Waals surface area contributed by atoms with Gasteiger partial charge in [-0.2, -0.15) is 0 Å². The fraction of sp³-hybridized carbons (Fsp3) is 0.471. The molecule has 1 aromatic carbocycles. The number of carbonyl (C=O) groups excluding carboxylic acids is 1. The second kappa shape index (κ2) is 3.73. The van der Waals surface area contributed by atoms with Crippen LogP contribution in [0.4, 0.5) is 0 Å². The van der Waals surface area contributed by atoms with Crippen molar-refractivity contribution in [2.75, 3.05) is 13.1 Å².